The first-order chi connectivity index (χ1) is 25.3. The Kier molecular flexibility index (Phi) is 23.3. The standard InChI is InChI=1S/C30H20N4O16S5.6Na/c35-30-28(55(48,49)50)12-16-10-18(52(39,40)41)2-5-22(16)29(30)34-32-26-8-7-25(23-6-3-19(13-24(23)26)53(42,43)44)31-33-27-14-20(54(45,46)47)11-15-9-17(51(36,37)38)1-4-21(15)27;;;;;;/h1-14,35H,(H,36,37,38)(H,39,40,41)(H,42,43,44)(H,45,46,47)(H,48,49,50);;;;;;/q;6*+1/p-5. The molecule has 0 aliphatic heterocycles. The van der Waals surface area contributed by atoms with Gasteiger partial charge < -0.3 is 27.9 Å². The first-order valence-electron chi connectivity index (χ1n) is 14.4. The molecule has 6 rings (SSSR count). The molecule has 0 saturated carbocycles. The van der Waals surface area contributed by atoms with E-state index in [1.165, 1.54) is 6.07 Å². The van der Waals surface area contributed by atoms with Gasteiger partial charge >= 0.3 is 177 Å². The maximum Gasteiger partial charge on any atom is 1.00 e. The summed E-state index contributed by atoms with van der Waals surface area (Å²) in [5.41, 5.74) is -1.41. The average molecular weight is 986 g/mol. The van der Waals surface area contributed by atoms with E-state index in [4.69, 9.17) is 0 Å². The number of nitrogens with zero attached hydrogens (tertiary/aromatic N) is 4. The predicted octanol–water partition coefficient (Wildman–Crippen LogP) is -13.8. The summed E-state index contributed by atoms with van der Waals surface area (Å²) in [5.74, 6) is -1.23. The minimum atomic E-state index is -5.45. The number of hydrogen-bond donors (Lipinski definition) is 1. The molecular weight excluding hydrogens is 971 g/mol. The van der Waals surface area contributed by atoms with Crippen molar-refractivity contribution in [3.8, 4) is 5.75 Å². The minimum absolute atomic E-state index is 0. The molecule has 0 unspecified atom stereocenters. The molecule has 0 aliphatic carbocycles. The van der Waals surface area contributed by atoms with Crippen molar-refractivity contribution in [2.75, 3.05) is 0 Å². The van der Waals surface area contributed by atoms with E-state index in [9.17, 15) is 70.0 Å². The Hall–Kier alpha value is 0.650. The first-order valence-corrected chi connectivity index (χ1v) is 21.4. The molecule has 286 valence electrons. The van der Waals surface area contributed by atoms with Gasteiger partial charge in [-0.15, -0.1) is 20.5 Å². The number of phenolic OH excluding ortho intramolecular Hbond substituents is 1. The van der Waals surface area contributed by atoms with Crippen molar-refractivity contribution < 1.29 is 247 Å². The van der Waals surface area contributed by atoms with Gasteiger partial charge in [0.05, 0.1) is 41.5 Å². The van der Waals surface area contributed by atoms with Crippen LogP contribution < -0.4 is 177 Å². The van der Waals surface area contributed by atoms with Crippen LogP contribution in [0.25, 0.3) is 32.3 Å². The van der Waals surface area contributed by atoms with Crippen LogP contribution in [0.15, 0.2) is 130 Å². The molecule has 0 fully saturated rings. The van der Waals surface area contributed by atoms with Crippen LogP contribution in [-0.2, 0) is 50.6 Å². The molecule has 31 heteroatoms. The molecule has 0 bridgehead atoms. The molecule has 0 atom stereocenters. The van der Waals surface area contributed by atoms with Gasteiger partial charge in [0.1, 0.15) is 56.3 Å². The van der Waals surface area contributed by atoms with E-state index < -0.39 is 86.5 Å². The van der Waals surface area contributed by atoms with Gasteiger partial charge in [-0.05, 0) is 77.5 Å². The van der Waals surface area contributed by atoms with Gasteiger partial charge in [0, 0.05) is 21.5 Å². The molecule has 0 saturated heterocycles. The largest absolute Gasteiger partial charge is 1.00 e. The maximum absolute atomic E-state index is 12.0. The molecule has 0 radical (unpaired) electrons. The second-order valence-electron chi connectivity index (χ2n) is 11.3. The van der Waals surface area contributed by atoms with Gasteiger partial charge in [0.2, 0.25) is 0 Å². The number of azo groups is 2. The van der Waals surface area contributed by atoms with Crippen molar-refractivity contribution in [3.63, 3.8) is 0 Å². The Labute approximate surface area is 480 Å². The quantitative estimate of drug-likeness (QED) is 0.0798. The van der Waals surface area contributed by atoms with Gasteiger partial charge in [0.25, 0.3) is 0 Å². The van der Waals surface area contributed by atoms with E-state index in [0.717, 1.165) is 72.8 Å². The zero-order chi connectivity index (χ0) is 40.5. The van der Waals surface area contributed by atoms with Gasteiger partial charge in [0.15, 0.2) is 5.75 Å². The van der Waals surface area contributed by atoms with Gasteiger partial charge in [-0.2, -0.15) is 0 Å². The molecule has 0 aromatic heterocycles. The first kappa shape index (κ1) is 61.7. The molecule has 6 aromatic rings. The Morgan fingerprint density at radius 2 is 0.738 bits per heavy atom. The molecule has 20 nitrogen and oxygen atoms in total. The van der Waals surface area contributed by atoms with Gasteiger partial charge in [-0.25, -0.2) is 42.1 Å². The normalized spacial score (nSPS) is 12.1. The van der Waals surface area contributed by atoms with E-state index in [0.29, 0.717) is 6.07 Å². The summed E-state index contributed by atoms with van der Waals surface area (Å²) in [7, 11) is -25.8. The van der Waals surface area contributed by atoms with Crippen LogP contribution in [0.2, 0.25) is 0 Å². The SMILES string of the molecule is O=S(=O)([O-])c1ccc2c(N=Nc3ccc(N=Nc4c(O)c(S(=O)(=O)[O-])cc5cc(S(=O)(=O)[O-])ccc45)c4cc(S(=O)(=O)[O-])ccc34)cc(S(=O)(=O)[O-])cc2c1.[Na+].[Na+].[Na+].[Na+].[Na+].[Na+]. The summed E-state index contributed by atoms with van der Waals surface area (Å²) < 4.78 is 177. The van der Waals surface area contributed by atoms with E-state index >= 15 is 0 Å². The summed E-state index contributed by atoms with van der Waals surface area (Å²) in [6.45, 7) is 0. The number of benzene rings is 6. The Morgan fingerprint density at radius 3 is 1.21 bits per heavy atom. The van der Waals surface area contributed by atoms with Crippen molar-refractivity contribution in [1.29, 1.82) is 0 Å². The van der Waals surface area contributed by atoms with Gasteiger partial charge in [-0.1, -0.05) is 18.2 Å². The van der Waals surface area contributed by atoms with Crippen LogP contribution >= 0.6 is 0 Å². The third-order valence-electron chi connectivity index (χ3n) is 7.79. The summed E-state index contributed by atoms with van der Waals surface area (Å²) in [6, 6.07) is 12.7. The van der Waals surface area contributed by atoms with Crippen molar-refractivity contribution in [3.05, 3.63) is 84.9 Å². The molecule has 0 heterocycles. The molecule has 0 amide bonds. The van der Waals surface area contributed by atoms with Gasteiger partial charge in [-0.3, -0.25) is 0 Å². The van der Waals surface area contributed by atoms with Crippen LogP contribution in [0, 0.1) is 0 Å². The molecular formula is C30H15N4Na6O16S5+. The Bertz CT molecular complexity index is 3320. The number of hydrogen-bond acceptors (Lipinski definition) is 20. The van der Waals surface area contributed by atoms with E-state index in [2.05, 4.69) is 20.5 Å². The van der Waals surface area contributed by atoms with Crippen LogP contribution in [0.4, 0.5) is 22.7 Å². The van der Waals surface area contributed by atoms with Crippen LogP contribution in [0.5, 0.6) is 5.75 Å². The smallest absolute Gasteiger partial charge is 0.744 e. The fourth-order valence-electron chi connectivity index (χ4n) is 5.30. The predicted molar refractivity (Wildman–Crippen MR) is 182 cm³/mol. The fraction of sp³-hybridized carbons (Fsp3) is 0. The summed E-state index contributed by atoms with van der Waals surface area (Å²) in [4.78, 5) is -4.48. The number of rotatable bonds is 9. The molecule has 6 aromatic carbocycles. The number of fused-ring (bicyclic) bond motifs is 3. The summed E-state index contributed by atoms with van der Waals surface area (Å²) in [5, 5.41) is 25.7. The monoisotopic (exact) mass is 985 g/mol. The van der Waals surface area contributed by atoms with Crippen molar-refractivity contribution in [1.82, 2.24) is 0 Å². The molecule has 0 aliphatic rings. The zero-order valence-electron chi connectivity index (χ0n) is 32.5. The van der Waals surface area contributed by atoms with Crippen LogP contribution in [0.1, 0.15) is 0 Å². The second-order valence-corrected chi connectivity index (χ2v) is 18.1. The maximum atomic E-state index is 12.0. The van der Waals surface area contributed by atoms with E-state index in [-0.39, 0.29) is 227 Å². The van der Waals surface area contributed by atoms with E-state index in [1.54, 1.807) is 0 Å². The second kappa shape index (κ2) is 23.1. The fourth-order valence-corrected chi connectivity index (χ4v) is 7.94. The Morgan fingerprint density at radius 1 is 0.361 bits per heavy atom. The van der Waals surface area contributed by atoms with Crippen molar-refractivity contribution in [2.45, 2.75) is 24.5 Å². The molecule has 61 heavy (non-hydrogen) atoms. The zero-order valence-corrected chi connectivity index (χ0v) is 48.6. The van der Waals surface area contributed by atoms with Crippen molar-refractivity contribution in [2.24, 2.45) is 20.5 Å². The average Bonchev–Trinajstić information content (AvgIpc) is 3.07. The van der Waals surface area contributed by atoms with Crippen LogP contribution in [0.3, 0.4) is 0 Å². The van der Waals surface area contributed by atoms with E-state index in [1.807, 2.05) is 0 Å². The number of phenols is 1. The van der Waals surface area contributed by atoms with Crippen molar-refractivity contribution >= 4 is 106 Å². The molecule has 0 spiro atoms. The topological polar surface area (TPSA) is 356 Å². The number of aromatic hydroxyl groups is 1. The molecule has 1 N–H and O–H groups in total. The third-order valence-corrected chi connectivity index (χ3v) is 11.9. The minimum Gasteiger partial charge on any atom is -0.744 e. The third kappa shape index (κ3) is 14.3. The summed E-state index contributed by atoms with van der Waals surface area (Å²) >= 11 is 0. The van der Waals surface area contributed by atoms with Crippen LogP contribution in [-0.4, -0.2) is 70.0 Å². The Balaban J connectivity index is 0.00000600. The summed E-state index contributed by atoms with van der Waals surface area (Å²) in [6.07, 6.45) is 0.